The SMILES string of the molecule is CC(=O)C1=CCCC=C1CNC(=O)n1sc2ncccc2c1=O.CCC.CCC. The molecule has 1 aliphatic carbocycles. The maximum Gasteiger partial charge on any atom is 0.338 e. The number of nitrogens with one attached hydrogen (secondary N) is 1. The number of allylic oxidation sites excluding steroid dienone is 2. The predicted molar refractivity (Wildman–Crippen MR) is 121 cm³/mol. The summed E-state index contributed by atoms with van der Waals surface area (Å²) < 4.78 is 1.05. The molecular formula is C22H31N3O3S. The highest BCUT2D eigenvalue weighted by Crippen LogP contribution is 2.19. The second kappa shape index (κ2) is 12.8. The molecule has 7 heteroatoms. The third kappa shape index (κ3) is 7.09. The zero-order valence-electron chi connectivity index (χ0n) is 17.9. The Morgan fingerprint density at radius 3 is 2.34 bits per heavy atom. The molecule has 0 aromatic carbocycles. The van der Waals surface area contributed by atoms with E-state index < -0.39 is 6.03 Å². The molecule has 1 aliphatic rings. The van der Waals surface area contributed by atoms with E-state index >= 15 is 0 Å². The fourth-order valence-corrected chi connectivity index (χ4v) is 3.37. The van der Waals surface area contributed by atoms with Crippen LogP contribution >= 0.6 is 11.5 Å². The van der Waals surface area contributed by atoms with Crippen LogP contribution in [0, 0.1) is 0 Å². The largest absolute Gasteiger partial charge is 0.338 e. The van der Waals surface area contributed by atoms with Gasteiger partial charge in [-0.15, -0.1) is 0 Å². The van der Waals surface area contributed by atoms with Crippen molar-refractivity contribution >= 4 is 33.6 Å². The van der Waals surface area contributed by atoms with Crippen LogP contribution in [0.5, 0.6) is 0 Å². The first-order chi connectivity index (χ1) is 13.9. The quantitative estimate of drug-likeness (QED) is 0.755. The van der Waals surface area contributed by atoms with Gasteiger partial charge in [-0.25, -0.2) is 9.78 Å². The minimum Gasteiger partial charge on any atom is -0.333 e. The van der Waals surface area contributed by atoms with Gasteiger partial charge in [0.05, 0.1) is 5.39 Å². The Bertz CT molecular complexity index is 936. The molecule has 1 N–H and O–H groups in total. The van der Waals surface area contributed by atoms with Crippen molar-refractivity contribution in [2.45, 2.75) is 60.3 Å². The molecule has 158 valence electrons. The number of aromatic nitrogens is 2. The molecule has 2 aromatic rings. The monoisotopic (exact) mass is 417 g/mol. The fourth-order valence-electron chi connectivity index (χ4n) is 2.50. The molecule has 0 radical (unpaired) electrons. The van der Waals surface area contributed by atoms with Crippen LogP contribution in [0.4, 0.5) is 4.79 Å². The Labute approximate surface area is 176 Å². The van der Waals surface area contributed by atoms with Gasteiger partial charge < -0.3 is 5.32 Å². The molecule has 0 saturated heterocycles. The van der Waals surface area contributed by atoms with E-state index in [1.165, 1.54) is 19.8 Å². The van der Waals surface area contributed by atoms with Crippen molar-refractivity contribution in [1.29, 1.82) is 0 Å². The van der Waals surface area contributed by atoms with Crippen LogP contribution in [0.1, 0.15) is 60.3 Å². The van der Waals surface area contributed by atoms with Gasteiger partial charge >= 0.3 is 6.03 Å². The first-order valence-corrected chi connectivity index (χ1v) is 10.8. The Morgan fingerprint density at radius 1 is 1.14 bits per heavy atom. The summed E-state index contributed by atoms with van der Waals surface area (Å²) in [6, 6.07) is 2.80. The third-order valence-corrected chi connectivity index (χ3v) is 4.62. The second-order valence-corrected chi connectivity index (χ2v) is 7.53. The second-order valence-electron chi connectivity index (χ2n) is 6.60. The van der Waals surface area contributed by atoms with Crippen molar-refractivity contribution in [3.63, 3.8) is 0 Å². The molecule has 0 atom stereocenters. The van der Waals surface area contributed by atoms with E-state index in [0.29, 0.717) is 15.8 Å². The smallest absolute Gasteiger partial charge is 0.333 e. The standard InChI is InChI=1S/C16H15N3O3S.2C3H8/c1-10(20)12-6-3-2-5-11(12)9-18-16(22)19-15(21)13-7-4-8-17-14(13)23-19;2*1-3-2/h4-8H,2-3,9H2,1H3,(H,18,22);2*3H2,1-2H3. The number of hydrogen-bond donors (Lipinski definition) is 1. The summed E-state index contributed by atoms with van der Waals surface area (Å²) in [5.41, 5.74) is 1.06. The summed E-state index contributed by atoms with van der Waals surface area (Å²) in [6.45, 7) is 10.2. The summed E-state index contributed by atoms with van der Waals surface area (Å²) in [6.07, 6.45) is 9.59. The van der Waals surface area contributed by atoms with Crippen molar-refractivity contribution in [3.8, 4) is 0 Å². The zero-order valence-corrected chi connectivity index (χ0v) is 18.8. The Morgan fingerprint density at radius 2 is 1.76 bits per heavy atom. The van der Waals surface area contributed by atoms with Gasteiger partial charge in [0.25, 0.3) is 5.56 Å². The fraction of sp³-hybridized carbons (Fsp3) is 0.455. The van der Waals surface area contributed by atoms with Gasteiger partial charge in [-0.2, -0.15) is 3.96 Å². The molecule has 0 spiro atoms. The van der Waals surface area contributed by atoms with E-state index in [-0.39, 0.29) is 17.9 Å². The molecule has 0 bridgehead atoms. The molecule has 0 unspecified atom stereocenters. The lowest BCUT2D eigenvalue weighted by molar-refractivity contribution is -0.113. The number of Topliss-reactive ketones (excluding diaryl/α,β-unsaturated/α-hetero) is 1. The molecule has 29 heavy (non-hydrogen) atoms. The highest BCUT2D eigenvalue weighted by atomic mass is 32.1. The average molecular weight is 418 g/mol. The summed E-state index contributed by atoms with van der Waals surface area (Å²) in [5, 5.41) is 3.13. The number of pyridine rings is 1. The number of amides is 1. The number of rotatable bonds is 3. The molecular weight excluding hydrogens is 386 g/mol. The summed E-state index contributed by atoms with van der Waals surface area (Å²) >= 11 is 1.01. The van der Waals surface area contributed by atoms with Crippen molar-refractivity contribution in [2.24, 2.45) is 0 Å². The van der Waals surface area contributed by atoms with E-state index in [9.17, 15) is 14.4 Å². The molecule has 0 saturated carbocycles. The number of nitrogens with zero attached hydrogens (tertiary/aromatic N) is 2. The van der Waals surface area contributed by atoms with Gasteiger partial charge in [0.1, 0.15) is 4.83 Å². The highest BCUT2D eigenvalue weighted by molar-refractivity contribution is 7.14. The Hall–Kier alpha value is -2.54. The molecule has 3 rings (SSSR count). The van der Waals surface area contributed by atoms with Crippen LogP contribution in [0.15, 0.2) is 46.4 Å². The maximum absolute atomic E-state index is 12.3. The van der Waals surface area contributed by atoms with Crippen LogP contribution in [0.2, 0.25) is 0 Å². The number of ketones is 1. The van der Waals surface area contributed by atoms with Crippen LogP contribution < -0.4 is 10.9 Å². The lowest BCUT2D eigenvalue weighted by Crippen LogP contribution is -2.34. The van der Waals surface area contributed by atoms with Crippen LogP contribution in [0.25, 0.3) is 10.2 Å². The summed E-state index contributed by atoms with van der Waals surface area (Å²) in [4.78, 5) is 40.7. The first-order valence-electron chi connectivity index (χ1n) is 10.1. The minimum absolute atomic E-state index is 0.0200. The van der Waals surface area contributed by atoms with E-state index in [0.717, 1.165) is 33.9 Å². The van der Waals surface area contributed by atoms with E-state index in [1.807, 2.05) is 12.2 Å². The van der Waals surface area contributed by atoms with Crippen LogP contribution in [0.3, 0.4) is 0 Å². The first kappa shape index (κ1) is 24.5. The molecule has 0 fully saturated rings. The van der Waals surface area contributed by atoms with E-state index in [2.05, 4.69) is 38.0 Å². The van der Waals surface area contributed by atoms with Crippen molar-refractivity contribution in [3.05, 3.63) is 52.0 Å². The van der Waals surface area contributed by atoms with Gasteiger partial charge in [0, 0.05) is 18.3 Å². The molecule has 2 aromatic heterocycles. The molecule has 2 heterocycles. The summed E-state index contributed by atoms with van der Waals surface area (Å²) in [7, 11) is 0. The third-order valence-electron chi connectivity index (χ3n) is 3.61. The topological polar surface area (TPSA) is 81.1 Å². The predicted octanol–water partition coefficient (Wildman–Crippen LogP) is 5.08. The van der Waals surface area contributed by atoms with Gasteiger partial charge in [0.2, 0.25) is 0 Å². The average Bonchev–Trinajstić information content (AvgIpc) is 3.04. The van der Waals surface area contributed by atoms with E-state index in [4.69, 9.17) is 0 Å². The van der Waals surface area contributed by atoms with Gasteiger partial charge in [-0.05, 0) is 49.0 Å². The highest BCUT2D eigenvalue weighted by Gasteiger charge is 2.17. The molecule has 6 nitrogen and oxygen atoms in total. The lowest BCUT2D eigenvalue weighted by Gasteiger charge is -2.14. The summed E-state index contributed by atoms with van der Waals surface area (Å²) in [5.74, 6) is -0.0200. The van der Waals surface area contributed by atoms with Crippen LogP contribution in [-0.4, -0.2) is 27.3 Å². The number of carbonyl (C=O) groups is 2. The lowest BCUT2D eigenvalue weighted by atomic mass is 9.95. The van der Waals surface area contributed by atoms with Gasteiger partial charge in [0.15, 0.2) is 5.78 Å². The number of carbonyl (C=O) groups excluding carboxylic acids is 2. The maximum atomic E-state index is 12.3. The number of fused-ring (bicyclic) bond motifs is 1. The van der Waals surface area contributed by atoms with Gasteiger partial charge in [-0.3, -0.25) is 9.59 Å². The minimum atomic E-state index is -0.507. The normalized spacial score (nSPS) is 12.6. The van der Waals surface area contributed by atoms with Crippen molar-refractivity contribution in [2.75, 3.05) is 6.54 Å². The Balaban J connectivity index is 0.000000626. The van der Waals surface area contributed by atoms with Gasteiger partial charge in [-0.1, -0.05) is 52.7 Å². The zero-order chi connectivity index (χ0) is 21.8. The molecule has 1 amide bonds. The number of hydrogen-bond acceptors (Lipinski definition) is 5. The van der Waals surface area contributed by atoms with Crippen molar-refractivity contribution in [1.82, 2.24) is 14.3 Å². The molecule has 0 aliphatic heterocycles. The van der Waals surface area contributed by atoms with Crippen molar-refractivity contribution < 1.29 is 9.59 Å². The van der Waals surface area contributed by atoms with Crippen LogP contribution in [-0.2, 0) is 4.79 Å². The Kier molecular flexibility index (Phi) is 10.8. The van der Waals surface area contributed by atoms with E-state index in [1.54, 1.807) is 18.3 Å².